The van der Waals surface area contributed by atoms with Gasteiger partial charge >= 0.3 is 0 Å². The Morgan fingerprint density at radius 1 is 1.32 bits per heavy atom. The molecule has 6 nitrogen and oxygen atoms in total. The molecule has 1 N–H and O–H groups in total. The molecule has 0 bridgehead atoms. The fraction of sp³-hybridized carbons (Fsp3) is 0.500. The smallest absolute Gasteiger partial charge is 0.237 e. The maximum Gasteiger partial charge on any atom is 0.237 e. The van der Waals surface area contributed by atoms with Crippen LogP contribution in [0.4, 0.5) is 4.39 Å². The van der Waals surface area contributed by atoms with E-state index in [1.807, 2.05) is 43.8 Å². The number of amides is 1. The summed E-state index contributed by atoms with van der Waals surface area (Å²) >= 11 is 7.83. The Bertz CT molecular complexity index is 888. The molecule has 9 heteroatoms. The van der Waals surface area contributed by atoms with Gasteiger partial charge in [0.05, 0.1) is 6.04 Å². The van der Waals surface area contributed by atoms with Crippen LogP contribution in [0.3, 0.4) is 0 Å². The van der Waals surface area contributed by atoms with E-state index in [9.17, 15) is 9.18 Å². The van der Waals surface area contributed by atoms with E-state index >= 15 is 0 Å². The lowest BCUT2D eigenvalue weighted by Crippen LogP contribution is -2.44. The zero-order valence-electron chi connectivity index (χ0n) is 18.4. The first kappa shape index (κ1) is 23.9. The molecule has 0 aliphatic carbocycles. The summed E-state index contributed by atoms with van der Waals surface area (Å²) in [6.45, 7) is 6.11. The van der Waals surface area contributed by atoms with Crippen LogP contribution in [-0.2, 0) is 11.3 Å². The molecule has 1 aromatic carbocycles. The standard InChI is InChI=1S/C22H29ClFN5OS/c1-14-10-15(2)27-22(26-14)31-16-11-20(21(30)25-8-9-28(3)4)29(12-16)13-17-18(23)6-5-7-19(17)24/h5-7,10,16,20H,8-9,11-13H2,1-4H3,(H,25,30)/t16-,20+/m1/s1. The van der Waals surface area contributed by atoms with E-state index in [-0.39, 0.29) is 29.6 Å². The summed E-state index contributed by atoms with van der Waals surface area (Å²) in [5, 5.41) is 4.22. The van der Waals surface area contributed by atoms with E-state index in [4.69, 9.17) is 11.6 Å². The number of carbonyl (C=O) groups is 1. The lowest BCUT2D eigenvalue weighted by molar-refractivity contribution is -0.125. The molecule has 0 saturated carbocycles. The SMILES string of the molecule is Cc1cc(C)nc(S[C@@H]2C[C@@H](C(=O)NCCN(C)C)N(Cc3c(F)cccc3Cl)C2)n1. The number of benzene rings is 1. The molecule has 1 aliphatic heterocycles. The maximum absolute atomic E-state index is 14.4. The summed E-state index contributed by atoms with van der Waals surface area (Å²) < 4.78 is 14.4. The number of carbonyl (C=O) groups excluding carboxylic acids is 1. The number of aryl methyl sites for hydroxylation is 2. The van der Waals surface area contributed by atoms with Crippen LogP contribution in [0.5, 0.6) is 0 Å². The number of rotatable bonds is 8. The van der Waals surface area contributed by atoms with E-state index in [0.717, 1.165) is 17.9 Å². The van der Waals surface area contributed by atoms with Gasteiger partial charge in [-0.1, -0.05) is 29.4 Å². The Kier molecular flexibility index (Phi) is 8.27. The highest BCUT2D eigenvalue weighted by Crippen LogP contribution is 2.33. The van der Waals surface area contributed by atoms with E-state index < -0.39 is 0 Å². The van der Waals surface area contributed by atoms with Gasteiger partial charge in [-0.2, -0.15) is 0 Å². The first-order valence-corrected chi connectivity index (χ1v) is 11.6. The minimum absolute atomic E-state index is 0.0428. The first-order valence-electron chi connectivity index (χ1n) is 10.3. The predicted octanol–water partition coefficient (Wildman–Crippen LogP) is 3.30. The molecule has 0 radical (unpaired) electrons. The van der Waals surface area contributed by atoms with Crippen LogP contribution < -0.4 is 5.32 Å². The highest BCUT2D eigenvalue weighted by atomic mass is 35.5. The fourth-order valence-corrected chi connectivity index (χ4v) is 5.16. The monoisotopic (exact) mass is 465 g/mol. The van der Waals surface area contributed by atoms with Gasteiger partial charge in [-0.05, 0) is 52.6 Å². The summed E-state index contributed by atoms with van der Waals surface area (Å²) in [6.07, 6.45) is 0.640. The van der Waals surface area contributed by atoms with Crippen molar-refractivity contribution in [1.82, 2.24) is 25.1 Å². The minimum Gasteiger partial charge on any atom is -0.353 e. The van der Waals surface area contributed by atoms with Gasteiger partial charge in [0.2, 0.25) is 5.91 Å². The van der Waals surface area contributed by atoms with E-state index in [2.05, 4.69) is 15.3 Å². The summed E-state index contributed by atoms with van der Waals surface area (Å²) in [6, 6.07) is 6.25. The molecule has 0 unspecified atom stereocenters. The molecule has 168 valence electrons. The number of nitrogens with one attached hydrogen (secondary N) is 1. The van der Waals surface area contributed by atoms with Gasteiger partial charge in [-0.3, -0.25) is 9.69 Å². The molecule has 3 rings (SSSR count). The maximum atomic E-state index is 14.4. The number of halogens is 2. The quantitative estimate of drug-likeness (QED) is 0.603. The van der Waals surface area contributed by atoms with Crippen LogP contribution in [0.2, 0.25) is 5.02 Å². The van der Waals surface area contributed by atoms with Crippen molar-refractivity contribution in [1.29, 1.82) is 0 Å². The zero-order valence-corrected chi connectivity index (χ0v) is 19.9. The van der Waals surface area contributed by atoms with Gasteiger partial charge in [0, 0.05) is 53.4 Å². The van der Waals surface area contributed by atoms with Crippen LogP contribution in [0.15, 0.2) is 29.4 Å². The molecule has 1 aromatic heterocycles. The Balaban J connectivity index is 1.76. The van der Waals surface area contributed by atoms with Gasteiger partial charge < -0.3 is 10.2 Å². The van der Waals surface area contributed by atoms with Crippen molar-refractivity contribution in [3.05, 3.63) is 52.1 Å². The minimum atomic E-state index is -0.360. The van der Waals surface area contributed by atoms with Crippen molar-refractivity contribution in [3.63, 3.8) is 0 Å². The Hall–Kier alpha value is -1.74. The summed E-state index contributed by atoms with van der Waals surface area (Å²) in [4.78, 5) is 26.0. The number of hydrogen-bond donors (Lipinski definition) is 1. The molecule has 2 heterocycles. The second-order valence-corrected chi connectivity index (χ2v) is 9.82. The normalized spacial score (nSPS) is 19.2. The van der Waals surface area contributed by atoms with Crippen molar-refractivity contribution in [3.8, 4) is 0 Å². The van der Waals surface area contributed by atoms with Crippen molar-refractivity contribution >= 4 is 29.3 Å². The second kappa shape index (κ2) is 10.7. The van der Waals surface area contributed by atoms with E-state index in [1.54, 1.807) is 23.9 Å². The number of aromatic nitrogens is 2. The van der Waals surface area contributed by atoms with Crippen LogP contribution in [0, 0.1) is 19.7 Å². The third kappa shape index (κ3) is 6.62. The van der Waals surface area contributed by atoms with Gasteiger partial charge in [0.1, 0.15) is 5.82 Å². The predicted molar refractivity (Wildman–Crippen MR) is 123 cm³/mol. The van der Waals surface area contributed by atoms with Crippen LogP contribution in [0.1, 0.15) is 23.4 Å². The largest absolute Gasteiger partial charge is 0.353 e. The highest BCUT2D eigenvalue weighted by Gasteiger charge is 2.38. The molecule has 2 atom stereocenters. The molecule has 0 spiro atoms. The lowest BCUT2D eigenvalue weighted by atomic mass is 10.1. The first-order chi connectivity index (χ1) is 14.7. The van der Waals surface area contributed by atoms with Crippen LogP contribution >= 0.6 is 23.4 Å². The molecule has 1 saturated heterocycles. The molecule has 1 amide bonds. The highest BCUT2D eigenvalue weighted by molar-refractivity contribution is 7.99. The third-order valence-electron chi connectivity index (χ3n) is 5.18. The number of nitrogens with zero attached hydrogens (tertiary/aromatic N) is 4. The lowest BCUT2D eigenvalue weighted by Gasteiger charge is -2.24. The number of likely N-dealkylation sites (tertiary alicyclic amines) is 1. The van der Waals surface area contributed by atoms with Crippen LogP contribution in [0.25, 0.3) is 0 Å². The Labute approximate surface area is 192 Å². The summed E-state index contributed by atoms with van der Waals surface area (Å²) in [5.74, 6) is -0.397. The Morgan fingerprint density at radius 2 is 2.03 bits per heavy atom. The molecule has 1 fully saturated rings. The third-order valence-corrected chi connectivity index (χ3v) is 6.61. The van der Waals surface area contributed by atoms with Gasteiger partial charge in [-0.15, -0.1) is 0 Å². The summed E-state index contributed by atoms with van der Waals surface area (Å²) in [7, 11) is 3.93. The average Bonchev–Trinajstić information content (AvgIpc) is 3.06. The Morgan fingerprint density at radius 3 is 2.68 bits per heavy atom. The van der Waals surface area contributed by atoms with Crippen molar-refractivity contribution < 1.29 is 9.18 Å². The number of thioether (sulfide) groups is 1. The molecular formula is C22H29ClFN5OS. The van der Waals surface area contributed by atoms with Gasteiger partial charge in [0.25, 0.3) is 0 Å². The fourth-order valence-electron chi connectivity index (χ4n) is 3.70. The molecule has 1 aliphatic rings. The van der Waals surface area contributed by atoms with E-state index in [0.29, 0.717) is 35.3 Å². The van der Waals surface area contributed by atoms with Gasteiger partial charge in [0.15, 0.2) is 5.16 Å². The van der Waals surface area contributed by atoms with Crippen molar-refractivity contribution in [2.45, 2.75) is 43.3 Å². The topological polar surface area (TPSA) is 61.4 Å². The average molecular weight is 466 g/mol. The molecular weight excluding hydrogens is 437 g/mol. The van der Waals surface area contributed by atoms with E-state index in [1.165, 1.54) is 6.07 Å². The van der Waals surface area contributed by atoms with Crippen LogP contribution in [-0.4, -0.2) is 70.7 Å². The van der Waals surface area contributed by atoms with Gasteiger partial charge in [-0.25, -0.2) is 14.4 Å². The van der Waals surface area contributed by atoms with Crippen molar-refractivity contribution in [2.75, 3.05) is 33.7 Å². The second-order valence-electron chi connectivity index (χ2n) is 8.15. The number of likely N-dealkylation sites (N-methyl/N-ethyl adjacent to an activating group) is 1. The molecule has 31 heavy (non-hydrogen) atoms. The number of hydrogen-bond acceptors (Lipinski definition) is 6. The summed E-state index contributed by atoms with van der Waals surface area (Å²) in [5.41, 5.74) is 2.26. The zero-order chi connectivity index (χ0) is 22.5. The molecule has 2 aromatic rings. The van der Waals surface area contributed by atoms with Crippen molar-refractivity contribution in [2.24, 2.45) is 0 Å².